The van der Waals surface area contributed by atoms with Gasteiger partial charge in [-0.25, -0.2) is 0 Å². The van der Waals surface area contributed by atoms with Crippen LogP contribution in [0.15, 0.2) is 200 Å². The summed E-state index contributed by atoms with van der Waals surface area (Å²) < 4.78 is 98.7. The van der Waals surface area contributed by atoms with Crippen LogP contribution >= 0.6 is 23.2 Å². The summed E-state index contributed by atoms with van der Waals surface area (Å²) in [5.41, 5.74) is 7.95. The quantitative estimate of drug-likeness (QED) is 0.135. The summed E-state index contributed by atoms with van der Waals surface area (Å²) in [5.74, 6) is 0. The molecule has 0 aromatic heterocycles. The molecule has 0 amide bonds. The number of nitrogens with zero attached hydrogens (tertiary/aromatic N) is 2. The van der Waals surface area contributed by atoms with Gasteiger partial charge in [0.05, 0.1) is 25.1 Å². The van der Waals surface area contributed by atoms with E-state index in [0.717, 1.165) is 44.5 Å². The average Bonchev–Trinajstić information content (AvgIpc) is 0.739. The summed E-state index contributed by atoms with van der Waals surface area (Å²) in [4.78, 5) is 3.27. The molecule has 0 atom stereocenters. The Morgan fingerprint density at radius 2 is 0.577 bits per heavy atom. The molecule has 0 heterocycles. The van der Waals surface area contributed by atoms with Crippen molar-refractivity contribution in [3.05, 3.63) is 238 Å². The van der Waals surface area contributed by atoms with Crippen molar-refractivity contribution in [2.24, 2.45) is 0 Å². The number of anilines is 6. The standard InChI is InChI=1S/C74H78Cl2N2/c1-70(2,3)53-28-16-24-49(40-53)64-36-22-37-65(50-25-17-29-54(41-50)71(4,5)6)68(64)77(60-34-20-32-58(75)46-60)62-44-57(74(13,14)15)45-63(48-62)78(61-35-21-33-59(76)47-61)69-66(51-26-18-30-55(42-51)72(7,8)9)38-23-39-67(69)52-27-19-31-56(43-52)73(10,11)12/h16-48H,1-15H3/i20D,21D,32D,33D,34D,35D,44D,45D,46D,47D. The molecule has 2 nitrogen and oxygen atoms in total. The second-order valence-electron chi connectivity index (χ2n) is 25.5. The molecule has 0 saturated carbocycles. The van der Waals surface area contributed by atoms with Crippen LogP contribution in [-0.2, 0) is 27.1 Å². The highest BCUT2D eigenvalue weighted by Crippen LogP contribution is 2.53. The Labute approximate surface area is 491 Å². The van der Waals surface area contributed by atoms with E-state index in [1.165, 1.54) is 0 Å². The first-order chi connectivity index (χ1) is 40.9. The van der Waals surface area contributed by atoms with Gasteiger partial charge in [0.1, 0.15) is 0 Å². The normalized spacial score (nSPS) is 14.2. The van der Waals surface area contributed by atoms with Gasteiger partial charge in [-0.2, -0.15) is 0 Å². The van der Waals surface area contributed by atoms with E-state index in [4.69, 9.17) is 25.9 Å². The maximum atomic E-state index is 10.8. The number of halogens is 2. The minimum Gasteiger partial charge on any atom is -0.309 e. The van der Waals surface area contributed by atoms with Crippen molar-refractivity contribution in [3.8, 4) is 44.5 Å². The summed E-state index contributed by atoms with van der Waals surface area (Å²) in [6, 6.07) is 41.6. The lowest BCUT2D eigenvalue weighted by Gasteiger charge is -2.35. The van der Waals surface area contributed by atoms with Crippen LogP contribution in [0.5, 0.6) is 0 Å². The van der Waals surface area contributed by atoms with Gasteiger partial charge in [0.15, 0.2) is 0 Å². The summed E-state index contributed by atoms with van der Waals surface area (Å²) >= 11 is 14.1. The van der Waals surface area contributed by atoms with E-state index in [-0.39, 0.29) is 72.1 Å². The number of benzene rings is 9. The Balaban J connectivity index is 1.59. The minimum absolute atomic E-state index is 0.0274. The molecule has 0 radical (unpaired) electrons. The van der Waals surface area contributed by atoms with E-state index >= 15 is 0 Å². The van der Waals surface area contributed by atoms with Gasteiger partial charge >= 0.3 is 0 Å². The molecule has 0 aliphatic heterocycles. The van der Waals surface area contributed by atoms with E-state index in [9.17, 15) is 11.0 Å². The highest BCUT2D eigenvalue weighted by Gasteiger charge is 2.30. The van der Waals surface area contributed by atoms with Crippen molar-refractivity contribution in [2.75, 3.05) is 9.80 Å². The highest BCUT2D eigenvalue weighted by molar-refractivity contribution is 6.31. The fourth-order valence-corrected chi connectivity index (χ4v) is 10.0. The van der Waals surface area contributed by atoms with Gasteiger partial charge in [-0.1, -0.05) is 273 Å². The molecule has 9 rings (SSSR count). The van der Waals surface area contributed by atoms with E-state index < -0.39 is 53.8 Å². The van der Waals surface area contributed by atoms with Crippen molar-refractivity contribution in [3.63, 3.8) is 0 Å². The third kappa shape index (κ3) is 12.1. The van der Waals surface area contributed by atoms with Crippen LogP contribution in [0.4, 0.5) is 34.1 Å². The molecule has 0 bridgehead atoms. The monoisotopic (exact) mass is 1070 g/mol. The molecule has 0 N–H and O–H groups in total. The molecule has 0 aliphatic carbocycles. The van der Waals surface area contributed by atoms with Gasteiger partial charge in [0.2, 0.25) is 0 Å². The van der Waals surface area contributed by atoms with Crippen molar-refractivity contribution >= 4 is 57.3 Å². The lowest BCUT2D eigenvalue weighted by Crippen LogP contribution is -2.19. The second kappa shape index (κ2) is 21.4. The van der Waals surface area contributed by atoms with Crippen molar-refractivity contribution in [1.29, 1.82) is 0 Å². The SMILES string of the molecule is [2H]c1c([2H])c(Cl)c([2H])c(N(c2cc(N(c3c(-c4cccc(C(C)(C)C)c4)cccc3-c3cccc(C(C)(C)C)c3)c3c([2H])c([2H])c([2H])c(Cl)c3[2H])c([2H])c(C(C)(C)C)c2[2H])c2c(-c3cccc(C(C)(C)C)c3)cccc2-c2cccc(C(C)(C)C)c2)c1[2H]. The van der Waals surface area contributed by atoms with E-state index in [1.54, 1.807) is 15.9 Å². The van der Waals surface area contributed by atoms with Crippen LogP contribution in [0.1, 0.15) is 145 Å². The Bertz CT molecular complexity index is 3760. The van der Waals surface area contributed by atoms with Gasteiger partial charge in [-0.15, -0.1) is 0 Å². The zero-order valence-electron chi connectivity index (χ0n) is 57.9. The molecular formula is C74H78Cl2N2. The molecule has 78 heavy (non-hydrogen) atoms. The first-order valence-corrected chi connectivity index (χ1v) is 27.6. The molecule has 0 saturated heterocycles. The molecule has 0 spiro atoms. The van der Waals surface area contributed by atoms with Crippen molar-refractivity contribution in [1.82, 2.24) is 0 Å². The molecule has 0 unspecified atom stereocenters. The van der Waals surface area contributed by atoms with Gasteiger partial charge in [0.25, 0.3) is 0 Å². The van der Waals surface area contributed by atoms with Gasteiger partial charge in [-0.05, 0) is 132 Å². The molecule has 9 aromatic carbocycles. The summed E-state index contributed by atoms with van der Waals surface area (Å²) in [7, 11) is 0. The number of hydrogen-bond acceptors (Lipinski definition) is 2. The second-order valence-corrected chi connectivity index (χ2v) is 26.3. The summed E-state index contributed by atoms with van der Waals surface area (Å²) in [5, 5.41) is -0.768. The maximum absolute atomic E-state index is 10.8. The third-order valence-corrected chi connectivity index (χ3v) is 14.7. The van der Waals surface area contributed by atoms with E-state index in [0.29, 0.717) is 33.6 Å². The van der Waals surface area contributed by atoms with Gasteiger partial charge in [0, 0.05) is 55.0 Å². The predicted octanol–water partition coefficient (Wildman–Crippen LogP) is 23.1. The van der Waals surface area contributed by atoms with Crippen LogP contribution in [0.3, 0.4) is 0 Å². The summed E-state index contributed by atoms with van der Waals surface area (Å²) in [6.07, 6.45) is 0. The van der Waals surface area contributed by atoms with E-state index in [2.05, 4.69) is 132 Å². The molecular weight excluding hydrogens is 988 g/mol. The Morgan fingerprint density at radius 1 is 0.308 bits per heavy atom. The van der Waals surface area contributed by atoms with Gasteiger partial charge in [-0.3, -0.25) is 0 Å². The van der Waals surface area contributed by atoms with E-state index in [1.807, 2.05) is 106 Å². The Hall–Kier alpha value is -6.84. The maximum Gasteiger partial charge on any atom is 0.0661 e. The zero-order valence-corrected chi connectivity index (χ0v) is 49.4. The molecule has 9 aromatic rings. The van der Waals surface area contributed by atoms with Crippen LogP contribution in [0, 0.1) is 0 Å². The lowest BCUT2D eigenvalue weighted by atomic mass is 9.83. The van der Waals surface area contributed by atoms with Crippen molar-refractivity contribution < 1.29 is 13.7 Å². The summed E-state index contributed by atoms with van der Waals surface area (Å²) in [6.45, 7) is 31.3. The van der Waals surface area contributed by atoms with Gasteiger partial charge < -0.3 is 9.80 Å². The van der Waals surface area contributed by atoms with Crippen LogP contribution in [0.2, 0.25) is 10.0 Å². The number of para-hydroxylation sites is 2. The Morgan fingerprint density at radius 3 is 0.846 bits per heavy atom. The minimum atomic E-state index is -1.04. The smallest absolute Gasteiger partial charge is 0.0661 e. The third-order valence-electron chi connectivity index (χ3n) is 14.3. The average molecular weight is 1080 g/mol. The first kappa shape index (κ1) is 44.1. The van der Waals surface area contributed by atoms with Crippen LogP contribution in [-0.4, -0.2) is 0 Å². The largest absolute Gasteiger partial charge is 0.309 e. The predicted molar refractivity (Wildman–Crippen MR) is 341 cm³/mol. The fourth-order valence-electron chi connectivity index (χ4n) is 9.77. The number of hydrogen-bond donors (Lipinski definition) is 0. The Kier molecular flexibility index (Phi) is 12.1. The van der Waals surface area contributed by atoms with Crippen LogP contribution in [0.25, 0.3) is 44.5 Å². The highest BCUT2D eigenvalue weighted by atomic mass is 35.5. The lowest BCUT2D eigenvalue weighted by molar-refractivity contribution is 0.590. The molecule has 398 valence electrons. The van der Waals surface area contributed by atoms with Crippen molar-refractivity contribution in [2.45, 2.75) is 131 Å². The zero-order chi connectivity index (χ0) is 64.8. The topological polar surface area (TPSA) is 6.48 Å². The molecule has 4 heteroatoms. The van der Waals surface area contributed by atoms with Crippen LogP contribution < -0.4 is 9.80 Å². The fraction of sp³-hybridized carbons (Fsp3) is 0.270. The first-order valence-electron chi connectivity index (χ1n) is 31.8. The molecule has 0 aliphatic rings. The number of rotatable bonds is 10. The molecule has 0 fully saturated rings.